The zero-order valence-electron chi connectivity index (χ0n) is 13.9. The first-order chi connectivity index (χ1) is 11.1. The van der Waals surface area contributed by atoms with Gasteiger partial charge in [-0.05, 0) is 49.0 Å². The van der Waals surface area contributed by atoms with Gasteiger partial charge in [0.2, 0.25) is 5.91 Å². The van der Waals surface area contributed by atoms with Crippen LogP contribution in [0.1, 0.15) is 24.8 Å². The highest BCUT2D eigenvalue weighted by atomic mass is 35.5. The maximum Gasteiger partial charge on any atom is 0.236 e. The zero-order chi connectivity index (χ0) is 16.7. The number of amides is 1. The Morgan fingerprint density at radius 1 is 1.38 bits per heavy atom. The molecule has 1 amide bonds. The van der Waals surface area contributed by atoms with Gasteiger partial charge in [0.05, 0.1) is 6.04 Å². The average molecular weight is 377 g/mol. The van der Waals surface area contributed by atoms with Crippen molar-refractivity contribution in [3.05, 3.63) is 35.6 Å². The largest absolute Gasteiger partial charge is 0.381 e. The van der Waals surface area contributed by atoms with Crippen molar-refractivity contribution in [1.29, 1.82) is 0 Å². The van der Waals surface area contributed by atoms with Gasteiger partial charge in [-0.25, -0.2) is 4.39 Å². The molecule has 1 aliphatic rings. The van der Waals surface area contributed by atoms with E-state index >= 15 is 0 Å². The molecule has 1 heterocycles. The molecule has 136 valence electrons. The molecule has 0 spiro atoms. The highest BCUT2D eigenvalue weighted by Gasteiger charge is 2.35. The summed E-state index contributed by atoms with van der Waals surface area (Å²) in [5, 5.41) is 2.99. The van der Waals surface area contributed by atoms with Gasteiger partial charge in [-0.2, -0.15) is 11.8 Å². The number of carbonyl (C=O) groups is 1. The van der Waals surface area contributed by atoms with E-state index in [1.54, 1.807) is 23.9 Å². The van der Waals surface area contributed by atoms with E-state index in [1.807, 2.05) is 6.26 Å². The van der Waals surface area contributed by atoms with Crippen LogP contribution in [0.15, 0.2) is 24.3 Å². The summed E-state index contributed by atoms with van der Waals surface area (Å²) in [6.45, 7) is 1.80. The number of hydrogen-bond acceptors (Lipinski definition) is 4. The van der Waals surface area contributed by atoms with Gasteiger partial charge >= 0.3 is 0 Å². The number of rotatable bonds is 7. The van der Waals surface area contributed by atoms with E-state index in [1.165, 1.54) is 12.1 Å². The molecule has 1 aromatic carbocycles. The van der Waals surface area contributed by atoms with Crippen LogP contribution < -0.4 is 11.1 Å². The summed E-state index contributed by atoms with van der Waals surface area (Å²) in [5.41, 5.74) is 6.76. The molecule has 3 N–H and O–H groups in total. The van der Waals surface area contributed by atoms with E-state index in [9.17, 15) is 9.18 Å². The second kappa shape index (κ2) is 10.2. The van der Waals surface area contributed by atoms with Gasteiger partial charge < -0.3 is 15.8 Å². The topological polar surface area (TPSA) is 64.4 Å². The minimum Gasteiger partial charge on any atom is -0.381 e. The second-order valence-electron chi connectivity index (χ2n) is 6.01. The third-order valence-corrected chi connectivity index (χ3v) is 5.12. The van der Waals surface area contributed by atoms with E-state index in [0.29, 0.717) is 26.2 Å². The van der Waals surface area contributed by atoms with Crippen molar-refractivity contribution in [2.45, 2.75) is 30.7 Å². The first kappa shape index (κ1) is 21.2. The van der Waals surface area contributed by atoms with Crippen LogP contribution in [0.25, 0.3) is 0 Å². The van der Waals surface area contributed by atoms with Gasteiger partial charge in [0.15, 0.2) is 0 Å². The predicted octanol–water partition coefficient (Wildman–Crippen LogP) is 2.49. The fourth-order valence-electron chi connectivity index (χ4n) is 2.90. The SMILES string of the molecule is CSCC[C@H](N)C(=O)NCC1(c2ccc(F)cc2)CCOCC1.Cl. The van der Waals surface area contributed by atoms with Crippen LogP contribution in [0.3, 0.4) is 0 Å². The monoisotopic (exact) mass is 376 g/mol. The Balaban J connectivity index is 0.00000288. The maximum atomic E-state index is 13.2. The third kappa shape index (κ3) is 5.62. The molecule has 24 heavy (non-hydrogen) atoms. The Hall–Kier alpha value is -0.820. The summed E-state index contributed by atoms with van der Waals surface area (Å²) in [6.07, 6.45) is 4.27. The van der Waals surface area contributed by atoms with Crippen molar-refractivity contribution < 1.29 is 13.9 Å². The molecule has 0 aromatic heterocycles. The molecule has 1 fully saturated rings. The fraction of sp³-hybridized carbons (Fsp3) is 0.588. The minimum absolute atomic E-state index is 0. The number of benzene rings is 1. The molecule has 1 saturated heterocycles. The molecular formula is C17H26ClFN2O2S. The Labute approximate surface area is 153 Å². The normalized spacial score (nSPS) is 17.6. The van der Waals surface area contributed by atoms with Crippen LogP contribution in [0.2, 0.25) is 0 Å². The van der Waals surface area contributed by atoms with Crippen LogP contribution >= 0.6 is 24.2 Å². The summed E-state index contributed by atoms with van der Waals surface area (Å²) in [5.74, 6) is 0.497. The van der Waals surface area contributed by atoms with Crippen molar-refractivity contribution >= 4 is 30.1 Å². The number of carbonyl (C=O) groups excluding carboxylic acids is 1. The van der Waals surface area contributed by atoms with Gasteiger partial charge in [-0.3, -0.25) is 4.79 Å². The van der Waals surface area contributed by atoms with Crippen molar-refractivity contribution in [3.63, 3.8) is 0 Å². The molecule has 0 bridgehead atoms. The van der Waals surface area contributed by atoms with Crippen LogP contribution in [0, 0.1) is 5.82 Å². The lowest BCUT2D eigenvalue weighted by atomic mass is 9.74. The molecule has 0 radical (unpaired) electrons. The lowest BCUT2D eigenvalue weighted by Gasteiger charge is -2.38. The highest BCUT2D eigenvalue weighted by molar-refractivity contribution is 7.98. The Kier molecular flexibility index (Phi) is 9.05. The molecular weight excluding hydrogens is 351 g/mol. The standard InChI is InChI=1S/C17H25FN2O2S.ClH/c1-23-11-6-15(19)16(21)20-12-17(7-9-22-10-8-17)13-2-4-14(18)5-3-13;/h2-5,15H,6-12,19H2,1H3,(H,20,21);1H/t15-;/m0./s1. The Bertz CT molecular complexity index is 510. The number of halogens is 2. The molecule has 1 atom stereocenters. The lowest BCUT2D eigenvalue weighted by Crippen LogP contribution is -2.49. The Morgan fingerprint density at radius 2 is 2.00 bits per heavy atom. The van der Waals surface area contributed by atoms with Gasteiger partial charge in [-0.15, -0.1) is 12.4 Å². The smallest absolute Gasteiger partial charge is 0.236 e. The summed E-state index contributed by atoms with van der Waals surface area (Å²) < 4.78 is 18.7. The quantitative estimate of drug-likeness (QED) is 0.767. The second-order valence-corrected chi connectivity index (χ2v) is 6.99. The predicted molar refractivity (Wildman–Crippen MR) is 99.4 cm³/mol. The Morgan fingerprint density at radius 3 is 2.58 bits per heavy atom. The third-order valence-electron chi connectivity index (χ3n) is 4.48. The molecule has 1 aliphatic heterocycles. The molecule has 7 heteroatoms. The summed E-state index contributed by atoms with van der Waals surface area (Å²) in [4.78, 5) is 12.2. The number of nitrogens with one attached hydrogen (secondary N) is 1. The summed E-state index contributed by atoms with van der Waals surface area (Å²) >= 11 is 1.68. The van der Waals surface area contributed by atoms with Crippen LogP contribution in [0.4, 0.5) is 4.39 Å². The molecule has 2 rings (SSSR count). The van der Waals surface area contributed by atoms with Crippen LogP contribution in [-0.2, 0) is 14.9 Å². The van der Waals surface area contributed by atoms with E-state index in [0.717, 1.165) is 24.2 Å². The fourth-order valence-corrected chi connectivity index (χ4v) is 3.39. The van der Waals surface area contributed by atoms with E-state index in [-0.39, 0.29) is 29.5 Å². The highest BCUT2D eigenvalue weighted by Crippen LogP contribution is 2.34. The molecule has 0 saturated carbocycles. The molecule has 1 aromatic rings. The minimum atomic E-state index is -0.479. The van der Waals surface area contributed by atoms with E-state index in [4.69, 9.17) is 10.5 Å². The lowest BCUT2D eigenvalue weighted by molar-refractivity contribution is -0.122. The molecule has 4 nitrogen and oxygen atoms in total. The number of ether oxygens (including phenoxy) is 1. The summed E-state index contributed by atoms with van der Waals surface area (Å²) in [6, 6.07) is 6.07. The average Bonchev–Trinajstić information content (AvgIpc) is 2.59. The van der Waals surface area contributed by atoms with Crippen LogP contribution in [0.5, 0.6) is 0 Å². The van der Waals surface area contributed by atoms with Crippen molar-refractivity contribution in [1.82, 2.24) is 5.32 Å². The molecule has 0 aliphatic carbocycles. The maximum absolute atomic E-state index is 13.2. The zero-order valence-corrected chi connectivity index (χ0v) is 15.6. The van der Waals surface area contributed by atoms with Crippen molar-refractivity contribution in [2.24, 2.45) is 5.73 Å². The van der Waals surface area contributed by atoms with E-state index < -0.39 is 6.04 Å². The first-order valence-electron chi connectivity index (χ1n) is 7.93. The number of nitrogens with two attached hydrogens (primary N) is 1. The van der Waals surface area contributed by atoms with Crippen LogP contribution in [-0.4, -0.2) is 43.7 Å². The van der Waals surface area contributed by atoms with Gasteiger partial charge in [0.1, 0.15) is 5.82 Å². The van der Waals surface area contributed by atoms with Gasteiger partial charge in [-0.1, -0.05) is 12.1 Å². The van der Waals surface area contributed by atoms with Crippen molar-refractivity contribution in [2.75, 3.05) is 31.8 Å². The number of hydrogen-bond donors (Lipinski definition) is 2. The van der Waals surface area contributed by atoms with E-state index in [2.05, 4.69) is 5.32 Å². The molecule has 0 unspecified atom stereocenters. The van der Waals surface area contributed by atoms with Crippen molar-refractivity contribution in [3.8, 4) is 0 Å². The number of thioether (sulfide) groups is 1. The summed E-state index contributed by atoms with van der Waals surface area (Å²) in [7, 11) is 0. The first-order valence-corrected chi connectivity index (χ1v) is 9.33. The van der Waals surface area contributed by atoms with Gasteiger partial charge in [0.25, 0.3) is 0 Å². The van der Waals surface area contributed by atoms with Gasteiger partial charge in [0, 0.05) is 25.2 Å².